The summed E-state index contributed by atoms with van der Waals surface area (Å²) >= 11 is 0. The number of fused-ring (bicyclic) bond motifs is 5. The lowest BCUT2D eigenvalue weighted by Crippen LogP contribution is -2.54. The topological polar surface area (TPSA) is 57.5 Å². The first-order valence-electron chi connectivity index (χ1n) is 12.1. The Labute approximate surface area is 171 Å². The zero-order valence-corrected chi connectivity index (χ0v) is 18.5. The van der Waals surface area contributed by atoms with Crippen molar-refractivity contribution < 1.29 is 15.0 Å². The lowest BCUT2D eigenvalue weighted by Gasteiger charge is -2.61. The molecule has 0 heterocycles. The van der Waals surface area contributed by atoms with Crippen LogP contribution in [0.25, 0.3) is 0 Å². The molecule has 0 aromatic rings. The zero-order chi connectivity index (χ0) is 20.3. The molecule has 4 unspecified atom stereocenters. The van der Waals surface area contributed by atoms with E-state index in [9.17, 15) is 15.0 Å². The van der Waals surface area contributed by atoms with Crippen molar-refractivity contribution in [3.63, 3.8) is 0 Å². The summed E-state index contributed by atoms with van der Waals surface area (Å²) in [7, 11) is 0. The second-order valence-corrected chi connectivity index (χ2v) is 11.8. The lowest BCUT2D eigenvalue weighted by atomic mass is 9.44. The zero-order valence-electron chi connectivity index (χ0n) is 18.5. The second-order valence-electron chi connectivity index (χ2n) is 11.8. The number of carboxylic acids is 1. The van der Waals surface area contributed by atoms with E-state index < -0.39 is 5.97 Å². The van der Waals surface area contributed by atoms with E-state index in [0.29, 0.717) is 22.7 Å². The number of hydrogen-bond donors (Lipinski definition) is 2. The van der Waals surface area contributed by atoms with E-state index >= 15 is 0 Å². The van der Waals surface area contributed by atoms with E-state index in [4.69, 9.17) is 0 Å². The van der Waals surface area contributed by atoms with Gasteiger partial charge in [-0.15, -0.1) is 0 Å². The molecule has 0 bridgehead atoms. The number of aliphatic hydroxyl groups excluding tert-OH is 1. The highest BCUT2D eigenvalue weighted by Crippen LogP contribution is 2.68. The van der Waals surface area contributed by atoms with Gasteiger partial charge in [-0.2, -0.15) is 0 Å². The predicted octanol–water partition coefficient (Wildman–Crippen LogP) is 5.75. The first-order chi connectivity index (χ1) is 13.2. The van der Waals surface area contributed by atoms with Crippen molar-refractivity contribution in [2.45, 2.75) is 98.0 Å². The van der Waals surface area contributed by atoms with Crippen LogP contribution in [-0.2, 0) is 4.79 Å². The van der Waals surface area contributed by atoms with Gasteiger partial charge in [0.2, 0.25) is 0 Å². The van der Waals surface area contributed by atoms with Crippen molar-refractivity contribution in [3.8, 4) is 0 Å². The van der Waals surface area contributed by atoms with Crippen LogP contribution in [0, 0.1) is 52.3 Å². The summed E-state index contributed by atoms with van der Waals surface area (Å²) in [6.07, 6.45) is 12.1. The Morgan fingerprint density at radius 2 is 1.64 bits per heavy atom. The molecule has 3 nitrogen and oxygen atoms in total. The number of rotatable bonds is 4. The fourth-order valence-electron chi connectivity index (χ4n) is 9.03. The van der Waals surface area contributed by atoms with Crippen LogP contribution < -0.4 is 0 Å². The second kappa shape index (κ2) is 7.29. The number of aliphatic carboxylic acids is 1. The highest BCUT2D eigenvalue weighted by Gasteiger charge is 2.60. The van der Waals surface area contributed by atoms with Crippen molar-refractivity contribution in [1.29, 1.82) is 0 Å². The van der Waals surface area contributed by atoms with E-state index in [1.165, 1.54) is 44.9 Å². The fraction of sp³-hybridized carbons (Fsp3) is 0.960. The number of hydrogen-bond acceptors (Lipinski definition) is 2. The highest BCUT2D eigenvalue weighted by atomic mass is 16.4. The number of aliphatic hydroxyl groups is 1. The van der Waals surface area contributed by atoms with E-state index in [1.54, 1.807) is 0 Å². The summed E-state index contributed by atoms with van der Waals surface area (Å²) < 4.78 is 0. The van der Waals surface area contributed by atoms with Gasteiger partial charge in [-0.25, -0.2) is 0 Å². The molecule has 4 aliphatic carbocycles. The van der Waals surface area contributed by atoms with Crippen molar-refractivity contribution >= 4 is 5.97 Å². The largest absolute Gasteiger partial charge is 0.481 e. The lowest BCUT2D eigenvalue weighted by molar-refractivity contribution is -0.142. The van der Waals surface area contributed by atoms with Crippen LogP contribution in [-0.4, -0.2) is 22.3 Å². The van der Waals surface area contributed by atoms with Gasteiger partial charge in [0.15, 0.2) is 0 Å². The Hall–Kier alpha value is -0.570. The van der Waals surface area contributed by atoms with Gasteiger partial charge in [0.25, 0.3) is 0 Å². The van der Waals surface area contributed by atoms with Gasteiger partial charge >= 0.3 is 5.97 Å². The van der Waals surface area contributed by atoms with E-state index in [1.807, 2.05) is 6.92 Å². The quantitative estimate of drug-likeness (QED) is 0.642. The fourth-order valence-corrected chi connectivity index (χ4v) is 9.03. The maximum absolute atomic E-state index is 11.4. The van der Waals surface area contributed by atoms with Gasteiger partial charge in [-0.1, -0.05) is 27.7 Å². The van der Waals surface area contributed by atoms with Gasteiger partial charge in [0.05, 0.1) is 12.0 Å². The van der Waals surface area contributed by atoms with Gasteiger partial charge in [-0.05, 0) is 111 Å². The smallest absolute Gasteiger partial charge is 0.306 e. The molecule has 0 aliphatic heterocycles. The molecular weight excluding hydrogens is 348 g/mol. The van der Waals surface area contributed by atoms with Crippen LogP contribution in [0.3, 0.4) is 0 Å². The van der Waals surface area contributed by atoms with Gasteiger partial charge in [0, 0.05) is 0 Å². The molecule has 160 valence electrons. The van der Waals surface area contributed by atoms with Crippen molar-refractivity contribution in [2.75, 3.05) is 0 Å². The summed E-state index contributed by atoms with van der Waals surface area (Å²) in [5.41, 5.74) is 0.862. The van der Waals surface area contributed by atoms with Crippen LogP contribution >= 0.6 is 0 Å². The predicted molar refractivity (Wildman–Crippen MR) is 112 cm³/mol. The first-order valence-corrected chi connectivity index (χ1v) is 12.1. The summed E-state index contributed by atoms with van der Waals surface area (Å²) in [5.74, 6) is 3.62. The van der Waals surface area contributed by atoms with Crippen LogP contribution in [0.4, 0.5) is 0 Å². The SMILES string of the molecule is C[C@H](C[C@@H](C)[C@H]1CCC2C3CCC4C[C@H](O)CC[C@]4(C)C3CC[C@@]21C)C(=O)O. The average Bonchev–Trinajstić information content (AvgIpc) is 2.99. The van der Waals surface area contributed by atoms with Crippen LogP contribution in [0.15, 0.2) is 0 Å². The summed E-state index contributed by atoms with van der Waals surface area (Å²) in [6, 6.07) is 0. The molecule has 0 saturated heterocycles. The van der Waals surface area contributed by atoms with E-state index in [2.05, 4.69) is 20.8 Å². The third-order valence-corrected chi connectivity index (χ3v) is 10.5. The minimum Gasteiger partial charge on any atom is -0.481 e. The monoisotopic (exact) mass is 390 g/mol. The molecule has 28 heavy (non-hydrogen) atoms. The van der Waals surface area contributed by atoms with Crippen molar-refractivity contribution in [1.82, 2.24) is 0 Å². The molecule has 2 N–H and O–H groups in total. The Kier molecular flexibility index (Phi) is 5.39. The highest BCUT2D eigenvalue weighted by molar-refractivity contribution is 5.69. The van der Waals surface area contributed by atoms with Gasteiger partial charge < -0.3 is 10.2 Å². The molecular formula is C25H42O3. The molecule has 4 saturated carbocycles. The molecule has 4 rings (SSSR count). The molecule has 0 aromatic carbocycles. The molecule has 0 spiro atoms. The Morgan fingerprint density at radius 1 is 0.964 bits per heavy atom. The van der Waals surface area contributed by atoms with Crippen molar-refractivity contribution in [2.24, 2.45) is 52.3 Å². The standard InChI is InChI=1S/C25H42O3/c1-15(13-16(2)23(27)28)20-7-8-21-19-6-5-17-14-18(26)9-11-24(17,3)22(19)10-12-25(20,21)4/h15-22,26H,5-14H2,1-4H3,(H,27,28)/t15-,16-,17?,18-,19?,20-,21?,22?,24+,25-/m1/s1. The maximum Gasteiger partial charge on any atom is 0.306 e. The third kappa shape index (κ3) is 3.15. The maximum atomic E-state index is 11.4. The molecule has 10 atom stereocenters. The van der Waals surface area contributed by atoms with Gasteiger partial charge in [-0.3, -0.25) is 4.79 Å². The van der Waals surface area contributed by atoms with Crippen LogP contribution in [0.1, 0.15) is 91.9 Å². The molecule has 4 fully saturated rings. The number of carboxylic acid groups (broad SMARTS) is 1. The normalized spacial score (nSPS) is 50.2. The molecule has 0 amide bonds. The van der Waals surface area contributed by atoms with Crippen LogP contribution in [0.2, 0.25) is 0 Å². The summed E-state index contributed by atoms with van der Waals surface area (Å²) in [5, 5.41) is 19.6. The Morgan fingerprint density at radius 3 is 2.36 bits per heavy atom. The van der Waals surface area contributed by atoms with Crippen LogP contribution in [0.5, 0.6) is 0 Å². The number of carbonyl (C=O) groups is 1. The van der Waals surface area contributed by atoms with Gasteiger partial charge in [0.1, 0.15) is 0 Å². The first kappa shape index (κ1) is 20.7. The van der Waals surface area contributed by atoms with E-state index in [-0.39, 0.29) is 12.0 Å². The average molecular weight is 391 g/mol. The molecule has 4 aliphatic rings. The minimum absolute atomic E-state index is 0.0589. The minimum atomic E-state index is -0.638. The molecule has 0 aromatic heterocycles. The summed E-state index contributed by atoms with van der Waals surface area (Å²) in [4.78, 5) is 11.4. The third-order valence-electron chi connectivity index (χ3n) is 10.5. The van der Waals surface area contributed by atoms with E-state index in [0.717, 1.165) is 42.9 Å². The molecule has 3 heteroatoms. The molecule has 0 radical (unpaired) electrons. The Bertz CT molecular complexity index is 603. The summed E-state index contributed by atoms with van der Waals surface area (Å²) in [6.45, 7) is 9.33. The Balaban J connectivity index is 1.51. The van der Waals surface area contributed by atoms with Crippen molar-refractivity contribution in [3.05, 3.63) is 0 Å².